The summed E-state index contributed by atoms with van der Waals surface area (Å²) in [4.78, 5) is 14.7. The molecule has 4 heteroatoms. The Morgan fingerprint density at radius 1 is 1.36 bits per heavy atom. The predicted molar refractivity (Wildman–Crippen MR) is 95.4 cm³/mol. The van der Waals surface area contributed by atoms with E-state index < -0.39 is 0 Å². The maximum absolute atomic E-state index is 12.2. The summed E-state index contributed by atoms with van der Waals surface area (Å²) < 4.78 is 0. The molecule has 1 fully saturated rings. The van der Waals surface area contributed by atoms with E-state index in [-0.39, 0.29) is 5.91 Å². The summed E-state index contributed by atoms with van der Waals surface area (Å²) >= 11 is 1.90. The molecule has 122 valence electrons. The lowest BCUT2D eigenvalue weighted by molar-refractivity contribution is 0.0947. The molecule has 0 aliphatic carbocycles. The monoisotopic (exact) mass is 320 g/mol. The number of rotatable bonds is 7. The summed E-state index contributed by atoms with van der Waals surface area (Å²) in [6.45, 7) is 9.68. The molecule has 22 heavy (non-hydrogen) atoms. The van der Waals surface area contributed by atoms with Crippen LogP contribution in [-0.2, 0) is 5.75 Å². The molecule has 0 spiro atoms. The SMILES string of the molecule is CCSCc1ccc(C(=O)NC[C@H]2CCN(C(C)C)C2)cc1. The third-order valence-electron chi connectivity index (χ3n) is 4.29. The predicted octanol–water partition coefficient (Wildman–Crippen LogP) is 3.40. The number of thioether (sulfide) groups is 1. The van der Waals surface area contributed by atoms with Crippen LogP contribution in [0, 0.1) is 5.92 Å². The van der Waals surface area contributed by atoms with Gasteiger partial charge in [-0.25, -0.2) is 0 Å². The van der Waals surface area contributed by atoms with Gasteiger partial charge in [-0.15, -0.1) is 0 Å². The van der Waals surface area contributed by atoms with Crippen molar-refractivity contribution < 1.29 is 4.79 Å². The lowest BCUT2D eigenvalue weighted by Crippen LogP contribution is -2.32. The first-order valence-corrected chi connectivity index (χ1v) is 9.44. The van der Waals surface area contributed by atoms with E-state index in [4.69, 9.17) is 0 Å². The molecule has 1 saturated heterocycles. The van der Waals surface area contributed by atoms with Crippen LogP contribution in [0.2, 0.25) is 0 Å². The highest BCUT2D eigenvalue weighted by atomic mass is 32.2. The summed E-state index contributed by atoms with van der Waals surface area (Å²) in [7, 11) is 0. The summed E-state index contributed by atoms with van der Waals surface area (Å²) in [6.07, 6.45) is 1.19. The molecule has 1 N–H and O–H groups in total. The second-order valence-corrected chi connectivity index (χ2v) is 7.56. The Morgan fingerprint density at radius 2 is 2.09 bits per heavy atom. The molecule has 0 radical (unpaired) electrons. The van der Waals surface area contributed by atoms with E-state index in [1.54, 1.807) is 0 Å². The van der Waals surface area contributed by atoms with E-state index in [0.717, 1.165) is 36.7 Å². The summed E-state index contributed by atoms with van der Waals surface area (Å²) in [5, 5.41) is 3.09. The van der Waals surface area contributed by atoms with Gasteiger partial charge in [0.05, 0.1) is 0 Å². The van der Waals surface area contributed by atoms with Gasteiger partial charge in [0.2, 0.25) is 0 Å². The Bertz CT molecular complexity index is 472. The van der Waals surface area contributed by atoms with Crippen molar-refractivity contribution in [3.63, 3.8) is 0 Å². The van der Waals surface area contributed by atoms with Gasteiger partial charge in [0.25, 0.3) is 5.91 Å². The number of carbonyl (C=O) groups excluding carboxylic acids is 1. The van der Waals surface area contributed by atoms with Gasteiger partial charge in [-0.2, -0.15) is 11.8 Å². The van der Waals surface area contributed by atoms with Crippen LogP contribution < -0.4 is 5.32 Å². The molecule has 1 amide bonds. The van der Waals surface area contributed by atoms with E-state index >= 15 is 0 Å². The maximum Gasteiger partial charge on any atom is 0.251 e. The first kappa shape index (κ1) is 17.4. The zero-order valence-electron chi connectivity index (χ0n) is 14.0. The number of hydrogen-bond donors (Lipinski definition) is 1. The molecule has 1 aliphatic heterocycles. The normalized spacial score (nSPS) is 18.8. The average Bonchev–Trinajstić information content (AvgIpc) is 3.00. The van der Waals surface area contributed by atoms with Crippen molar-refractivity contribution >= 4 is 17.7 Å². The van der Waals surface area contributed by atoms with Crippen molar-refractivity contribution in [2.24, 2.45) is 5.92 Å². The van der Waals surface area contributed by atoms with E-state index in [0.29, 0.717) is 12.0 Å². The molecule has 1 aromatic rings. The number of nitrogens with one attached hydrogen (secondary N) is 1. The molecular weight excluding hydrogens is 292 g/mol. The Kier molecular flexibility index (Phi) is 6.77. The molecule has 1 aliphatic rings. The Labute approximate surface area is 138 Å². The first-order valence-electron chi connectivity index (χ1n) is 8.29. The number of likely N-dealkylation sites (tertiary alicyclic amines) is 1. The Balaban J connectivity index is 1.77. The number of benzene rings is 1. The molecule has 3 nitrogen and oxygen atoms in total. The van der Waals surface area contributed by atoms with Crippen LogP contribution in [-0.4, -0.2) is 42.2 Å². The van der Waals surface area contributed by atoms with Crippen LogP contribution in [0.1, 0.15) is 43.1 Å². The van der Waals surface area contributed by atoms with Gasteiger partial charge in [-0.3, -0.25) is 4.79 Å². The fourth-order valence-electron chi connectivity index (χ4n) is 2.81. The minimum absolute atomic E-state index is 0.0534. The number of amides is 1. The van der Waals surface area contributed by atoms with Crippen molar-refractivity contribution in [2.45, 2.75) is 39.0 Å². The Morgan fingerprint density at radius 3 is 2.68 bits per heavy atom. The molecule has 0 saturated carbocycles. The molecule has 1 heterocycles. The van der Waals surface area contributed by atoms with E-state index in [2.05, 4.69) is 43.1 Å². The standard InChI is InChI=1S/C18H28N2OS/c1-4-22-13-15-5-7-17(8-6-15)18(21)19-11-16-9-10-20(12-16)14(2)3/h5-8,14,16H,4,9-13H2,1-3H3,(H,19,21)/t16-/m1/s1. The van der Waals surface area contributed by atoms with Crippen LogP contribution in [0.25, 0.3) is 0 Å². The quantitative estimate of drug-likeness (QED) is 0.836. The van der Waals surface area contributed by atoms with Gasteiger partial charge in [0, 0.05) is 30.4 Å². The van der Waals surface area contributed by atoms with Gasteiger partial charge in [0.1, 0.15) is 0 Å². The van der Waals surface area contributed by atoms with Gasteiger partial charge in [-0.05, 0) is 56.2 Å². The van der Waals surface area contributed by atoms with Gasteiger partial charge in [0.15, 0.2) is 0 Å². The molecule has 0 bridgehead atoms. The highest BCUT2D eigenvalue weighted by Gasteiger charge is 2.24. The number of carbonyl (C=O) groups is 1. The summed E-state index contributed by atoms with van der Waals surface area (Å²) in [5.74, 6) is 2.78. The maximum atomic E-state index is 12.2. The molecule has 0 aromatic heterocycles. The highest BCUT2D eigenvalue weighted by Crippen LogP contribution is 2.18. The van der Waals surface area contributed by atoms with Crippen molar-refractivity contribution in [1.29, 1.82) is 0 Å². The Hall–Kier alpha value is -1.00. The molecule has 0 unspecified atom stereocenters. The lowest BCUT2D eigenvalue weighted by atomic mass is 10.1. The lowest BCUT2D eigenvalue weighted by Gasteiger charge is -2.20. The minimum Gasteiger partial charge on any atom is -0.352 e. The van der Waals surface area contributed by atoms with Crippen molar-refractivity contribution in [2.75, 3.05) is 25.4 Å². The van der Waals surface area contributed by atoms with E-state index in [1.807, 2.05) is 23.9 Å². The highest BCUT2D eigenvalue weighted by molar-refractivity contribution is 7.98. The fraction of sp³-hybridized carbons (Fsp3) is 0.611. The van der Waals surface area contributed by atoms with E-state index in [9.17, 15) is 4.79 Å². The van der Waals surface area contributed by atoms with Crippen molar-refractivity contribution in [1.82, 2.24) is 10.2 Å². The van der Waals surface area contributed by atoms with Crippen molar-refractivity contribution in [3.05, 3.63) is 35.4 Å². The van der Waals surface area contributed by atoms with Crippen LogP contribution in [0.15, 0.2) is 24.3 Å². The van der Waals surface area contributed by atoms with Crippen molar-refractivity contribution in [3.8, 4) is 0 Å². The van der Waals surface area contributed by atoms with Crippen LogP contribution in [0.5, 0.6) is 0 Å². The second-order valence-electron chi connectivity index (χ2n) is 6.29. The largest absolute Gasteiger partial charge is 0.352 e. The van der Waals surface area contributed by atoms with Gasteiger partial charge < -0.3 is 10.2 Å². The molecule has 2 rings (SSSR count). The first-order chi connectivity index (χ1) is 10.6. The second kappa shape index (κ2) is 8.59. The zero-order valence-corrected chi connectivity index (χ0v) is 14.8. The van der Waals surface area contributed by atoms with Crippen LogP contribution in [0.4, 0.5) is 0 Å². The number of hydrogen-bond acceptors (Lipinski definition) is 3. The fourth-order valence-corrected chi connectivity index (χ4v) is 3.44. The van der Waals surface area contributed by atoms with Gasteiger partial charge in [-0.1, -0.05) is 19.1 Å². The van der Waals surface area contributed by atoms with Gasteiger partial charge >= 0.3 is 0 Å². The average molecular weight is 321 g/mol. The van der Waals surface area contributed by atoms with E-state index in [1.165, 1.54) is 12.0 Å². The smallest absolute Gasteiger partial charge is 0.251 e. The summed E-state index contributed by atoms with van der Waals surface area (Å²) in [6, 6.07) is 8.61. The molecule has 1 atom stereocenters. The minimum atomic E-state index is 0.0534. The third kappa shape index (κ3) is 5.03. The van der Waals surface area contributed by atoms with Crippen LogP contribution in [0.3, 0.4) is 0 Å². The van der Waals surface area contributed by atoms with Crippen LogP contribution >= 0.6 is 11.8 Å². The summed E-state index contributed by atoms with van der Waals surface area (Å²) in [5.41, 5.74) is 2.05. The molecular formula is C18H28N2OS. The third-order valence-corrected chi connectivity index (χ3v) is 5.23. The zero-order chi connectivity index (χ0) is 15.9. The molecule has 1 aromatic carbocycles. The topological polar surface area (TPSA) is 32.3 Å². The number of nitrogens with zero attached hydrogens (tertiary/aromatic N) is 1.